The van der Waals surface area contributed by atoms with Gasteiger partial charge in [0.05, 0.1) is 18.6 Å². The van der Waals surface area contributed by atoms with Crippen molar-refractivity contribution in [2.75, 3.05) is 0 Å². The number of allylic oxidation sites excluding steroid dienone is 2. The van der Waals surface area contributed by atoms with Crippen LogP contribution >= 0.6 is 15.9 Å². The summed E-state index contributed by atoms with van der Waals surface area (Å²) in [7, 11) is 0. The van der Waals surface area contributed by atoms with Crippen LogP contribution in [0.1, 0.15) is 145 Å². The zero-order chi connectivity index (χ0) is 37.0. The number of nitriles is 2. The zero-order valence-corrected chi connectivity index (χ0v) is 34.8. The number of rotatable bonds is 10. The normalized spacial score (nSPS) is 21.3. The van der Waals surface area contributed by atoms with Gasteiger partial charge in [-0.05, 0) is 86.8 Å². The molecule has 48 heavy (non-hydrogen) atoms. The van der Waals surface area contributed by atoms with E-state index in [4.69, 9.17) is 5.26 Å². The second-order valence-corrected chi connectivity index (χ2v) is 19.2. The molecule has 3 heteroatoms. The summed E-state index contributed by atoms with van der Waals surface area (Å²) in [5.74, 6) is 1.03. The van der Waals surface area contributed by atoms with Crippen LogP contribution in [0.15, 0.2) is 60.7 Å². The Morgan fingerprint density at radius 2 is 1.23 bits per heavy atom. The highest BCUT2D eigenvalue weighted by atomic mass is 79.9. The molecular weight excluding hydrogens is 648 g/mol. The molecule has 0 spiro atoms. The molecule has 3 rings (SSSR count). The van der Waals surface area contributed by atoms with Gasteiger partial charge >= 0.3 is 0 Å². The van der Waals surface area contributed by atoms with Crippen molar-refractivity contribution in [3.05, 3.63) is 82.9 Å². The number of halogens is 1. The minimum atomic E-state index is -0.563. The molecule has 0 saturated heterocycles. The number of alkyl halides is 1. The summed E-state index contributed by atoms with van der Waals surface area (Å²) in [6.07, 6.45) is 9.15. The van der Waals surface area contributed by atoms with E-state index in [2.05, 4.69) is 187 Å². The van der Waals surface area contributed by atoms with Gasteiger partial charge in [0.1, 0.15) is 4.32 Å². The van der Waals surface area contributed by atoms with Crippen molar-refractivity contribution in [1.82, 2.24) is 0 Å². The van der Waals surface area contributed by atoms with Crippen molar-refractivity contribution in [1.29, 1.82) is 10.5 Å². The van der Waals surface area contributed by atoms with Gasteiger partial charge in [0.15, 0.2) is 0 Å². The molecule has 0 saturated carbocycles. The topological polar surface area (TPSA) is 47.6 Å². The third-order valence-electron chi connectivity index (χ3n) is 13.7. The van der Waals surface area contributed by atoms with Gasteiger partial charge in [0.25, 0.3) is 0 Å². The van der Waals surface area contributed by atoms with Gasteiger partial charge in [-0.2, -0.15) is 10.5 Å². The molecular formula is C45H67BrN2. The molecule has 2 atom stereocenters. The predicted octanol–water partition coefficient (Wildman–Crippen LogP) is 13.3. The van der Waals surface area contributed by atoms with Crippen molar-refractivity contribution in [2.45, 2.75) is 151 Å². The maximum atomic E-state index is 10.5. The Bertz CT molecular complexity index is 1480. The molecule has 0 aromatic heterocycles. The SMILES string of the molecule is CC(C)(C)C(C)(C)c1ccccc1CC#N.CCC1(CC)C=CC(Cc2ccccc2C(C)(C)C(C)C)(C(C)(C)C(C)C)CC1(Br)C#N. The van der Waals surface area contributed by atoms with Gasteiger partial charge in [0, 0.05) is 5.41 Å². The van der Waals surface area contributed by atoms with E-state index in [0.29, 0.717) is 18.3 Å². The maximum Gasteiger partial charge on any atom is 0.122 e. The summed E-state index contributed by atoms with van der Waals surface area (Å²) in [5.41, 5.74) is 5.46. The van der Waals surface area contributed by atoms with E-state index < -0.39 is 4.32 Å². The minimum absolute atomic E-state index is 0.0299. The van der Waals surface area contributed by atoms with Crippen LogP contribution in [0.25, 0.3) is 0 Å². The van der Waals surface area contributed by atoms with E-state index in [1.807, 2.05) is 6.07 Å². The molecule has 1 aliphatic rings. The zero-order valence-electron chi connectivity index (χ0n) is 33.2. The summed E-state index contributed by atoms with van der Waals surface area (Å²) < 4.78 is -0.563. The Balaban J connectivity index is 0.000000419. The Hall–Kier alpha value is -2.36. The first-order valence-electron chi connectivity index (χ1n) is 18.3. The molecule has 0 radical (unpaired) electrons. The van der Waals surface area contributed by atoms with Gasteiger partial charge in [-0.15, -0.1) is 0 Å². The van der Waals surface area contributed by atoms with E-state index in [9.17, 15) is 5.26 Å². The average molecular weight is 716 g/mol. The standard InChI is InChI=1S/C30H46BrN.C15H21N/c1-11-28(12-2)17-18-29(20-30(28,31)21-32,27(9,10)23(5)6)19-24-15-13-14-16-25(24)26(7,8)22(3)4;1-14(2,3)15(4,5)13-9-7-6-8-12(13)10-11-16/h13-18,22-23H,11-12,19-20H2,1-10H3;6-9H,10H2,1-5H3. The Morgan fingerprint density at radius 1 is 0.729 bits per heavy atom. The van der Waals surface area contributed by atoms with E-state index in [0.717, 1.165) is 31.2 Å². The Kier molecular flexibility index (Phi) is 13.3. The lowest BCUT2D eigenvalue weighted by atomic mass is 9.49. The van der Waals surface area contributed by atoms with Crippen molar-refractivity contribution in [3.8, 4) is 12.1 Å². The predicted molar refractivity (Wildman–Crippen MR) is 211 cm³/mol. The van der Waals surface area contributed by atoms with Gasteiger partial charge < -0.3 is 0 Å². The van der Waals surface area contributed by atoms with Gasteiger partial charge in [-0.1, -0.05) is 180 Å². The smallest absolute Gasteiger partial charge is 0.122 e. The van der Waals surface area contributed by atoms with E-state index >= 15 is 0 Å². The fraction of sp³-hybridized carbons (Fsp3) is 0.644. The van der Waals surface area contributed by atoms with Crippen LogP contribution in [0.2, 0.25) is 0 Å². The highest BCUT2D eigenvalue weighted by Crippen LogP contribution is 2.62. The van der Waals surface area contributed by atoms with Crippen LogP contribution in [0.5, 0.6) is 0 Å². The van der Waals surface area contributed by atoms with Crippen LogP contribution in [0, 0.1) is 56.2 Å². The van der Waals surface area contributed by atoms with Crippen molar-refractivity contribution in [3.63, 3.8) is 0 Å². The maximum absolute atomic E-state index is 10.5. The second kappa shape index (κ2) is 15.3. The first-order chi connectivity index (χ1) is 22.0. The van der Waals surface area contributed by atoms with Gasteiger partial charge in [0.2, 0.25) is 0 Å². The lowest BCUT2D eigenvalue weighted by molar-refractivity contribution is 0.0285. The molecule has 2 unspecified atom stereocenters. The molecule has 2 aromatic rings. The number of hydrogen-bond donors (Lipinski definition) is 0. The molecule has 2 nitrogen and oxygen atoms in total. The Morgan fingerprint density at radius 3 is 1.67 bits per heavy atom. The minimum Gasteiger partial charge on any atom is -0.198 e. The monoisotopic (exact) mass is 714 g/mol. The van der Waals surface area contributed by atoms with Crippen molar-refractivity contribution >= 4 is 15.9 Å². The first-order valence-corrected chi connectivity index (χ1v) is 19.1. The molecule has 0 heterocycles. The molecule has 0 N–H and O–H groups in total. The fourth-order valence-corrected chi connectivity index (χ4v) is 8.60. The van der Waals surface area contributed by atoms with Crippen LogP contribution in [0.4, 0.5) is 0 Å². The van der Waals surface area contributed by atoms with Crippen LogP contribution < -0.4 is 0 Å². The number of benzene rings is 2. The summed E-state index contributed by atoms with van der Waals surface area (Å²) >= 11 is 4.04. The Labute approximate surface area is 304 Å². The largest absolute Gasteiger partial charge is 0.198 e. The highest BCUT2D eigenvalue weighted by molar-refractivity contribution is 9.10. The molecule has 0 aliphatic heterocycles. The van der Waals surface area contributed by atoms with Crippen molar-refractivity contribution < 1.29 is 0 Å². The average Bonchev–Trinajstić information content (AvgIpc) is 3.01. The molecule has 0 fully saturated rings. The fourth-order valence-electron chi connectivity index (χ4n) is 7.41. The van der Waals surface area contributed by atoms with Gasteiger partial charge in [-0.3, -0.25) is 0 Å². The molecule has 1 aliphatic carbocycles. The third kappa shape index (κ3) is 7.83. The van der Waals surface area contributed by atoms with E-state index in [1.54, 1.807) is 0 Å². The quantitative estimate of drug-likeness (QED) is 0.182. The van der Waals surface area contributed by atoms with E-state index in [1.165, 1.54) is 16.7 Å². The third-order valence-corrected chi connectivity index (χ3v) is 15.0. The second-order valence-electron chi connectivity index (χ2n) is 17.9. The summed E-state index contributed by atoms with van der Waals surface area (Å²) in [5, 5.41) is 19.3. The highest BCUT2D eigenvalue weighted by Gasteiger charge is 2.58. The van der Waals surface area contributed by atoms with Gasteiger partial charge in [-0.25, -0.2) is 0 Å². The summed E-state index contributed by atoms with van der Waals surface area (Å²) in [6, 6.07) is 22.3. The number of hydrogen-bond acceptors (Lipinski definition) is 2. The lowest BCUT2D eigenvalue weighted by Gasteiger charge is -2.57. The van der Waals surface area contributed by atoms with Crippen LogP contribution in [0.3, 0.4) is 0 Å². The van der Waals surface area contributed by atoms with Crippen LogP contribution in [-0.2, 0) is 23.7 Å². The van der Waals surface area contributed by atoms with E-state index in [-0.39, 0.29) is 32.5 Å². The molecule has 2 aromatic carbocycles. The lowest BCUT2D eigenvalue weighted by Crippen LogP contribution is -2.54. The molecule has 0 bridgehead atoms. The van der Waals surface area contributed by atoms with Crippen LogP contribution in [-0.4, -0.2) is 4.32 Å². The van der Waals surface area contributed by atoms with Crippen molar-refractivity contribution in [2.24, 2.45) is 33.5 Å². The number of nitrogens with zero attached hydrogens (tertiary/aromatic N) is 2. The summed E-state index contributed by atoms with van der Waals surface area (Å²) in [6.45, 7) is 34.6. The molecule has 0 amide bonds. The molecule has 264 valence electrons. The first kappa shape index (κ1) is 41.8. The summed E-state index contributed by atoms with van der Waals surface area (Å²) in [4.78, 5) is 0.